The van der Waals surface area contributed by atoms with E-state index in [-0.39, 0.29) is 11.7 Å². The van der Waals surface area contributed by atoms with Gasteiger partial charge in [0.15, 0.2) is 0 Å². The van der Waals surface area contributed by atoms with Gasteiger partial charge in [-0.15, -0.1) is 0 Å². The van der Waals surface area contributed by atoms with Crippen LogP contribution in [0.2, 0.25) is 0 Å². The van der Waals surface area contributed by atoms with Crippen LogP contribution in [0.5, 0.6) is 5.75 Å². The molecule has 0 unspecified atom stereocenters. The fraction of sp³-hybridized carbons (Fsp3) is 0.462. The summed E-state index contributed by atoms with van der Waals surface area (Å²) >= 11 is 0. The van der Waals surface area contributed by atoms with Crippen molar-refractivity contribution in [1.29, 1.82) is 0 Å². The Morgan fingerprint density at radius 1 is 1.25 bits per heavy atom. The fourth-order valence-corrected chi connectivity index (χ4v) is 2.63. The van der Waals surface area contributed by atoms with E-state index in [2.05, 4.69) is 0 Å². The van der Waals surface area contributed by atoms with Gasteiger partial charge in [0, 0.05) is 5.56 Å². The minimum absolute atomic E-state index is 0.0989. The number of phenolic OH excluding ortho intramolecular Hbond substituents is 1. The van der Waals surface area contributed by atoms with Gasteiger partial charge in [0.25, 0.3) is 0 Å². The lowest BCUT2D eigenvalue weighted by atomic mass is 9.84. The molecule has 0 saturated heterocycles. The van der Waals surface area contributed by atoms with Gasteiger partial charge in [0.1, 0.15) is 5.75 Å². The van der Waals surface area contributed by atoms with E-state index in [0.29, 0.717) is 5.56 Å². The average Bonchev–Trinajstić information content (AvgIpc) is 2.74. The molecular weight excluding hydrogens is 204 g/mol. The van der Waals surface area contributed by atoms with Gasteiger partial charge in [0.2, 0.25) is 0 Å². The molecule has 0 aromatic heterocycles. The van der Waals surface area contributed by atoms with E-state index in [9.17, 15) is 15.0 Å². The maximum absolute atomic E-state index is 11.3. The highest BCUT2D eigenvalue weighted by Crippen LogP contribution is 2.40. The lowest BCUT2D eigenvalue weighted by molar-refractivity contribution is -0.140. The largest absolute Gasteiger partial charge is 0.508 e. The lowest BCUT2D eigenvalue weighted by Crippen LogP contribution is -2.19. The number of aliphatic carboxylic acids is 1. The number of benzene rings is 1. The van der Waals surface area contributed by atoms with Gasteiger partial charge in [-0.05, 0) is 24.8 Å². The predicted molar refractivity (Wildman–Crippen MR) is 60.4 cm³/mol. The van der Waals surface area contributed by atoms with Crippen molar-refractivity contribution in [3.05, 3.63) is 29.8 Å². The van der Waals surface area contributed by atoms with E-state index in [4.69, 9.17) is 0 Å². The highest BCUT2D eigenvalue weighted by atomic mass is 16.4. The second kappa shape index (κ2) is 4.56. The third-order valence-corrected chi connectivity index (χ3v) is 3.41. The maximum atomic E-state index is 11.3. The molecule has 0 amide bonds. The zero-order valence-corrected chi connectivity index (χ0v) is 9.10. The number of carboxylic acid groups (broad SMARTS) is 1. The van der Waals surface area contributed by atoms with Gasteiger partial charge < -0.3 is 10.2 Å². The van der Waals surface area contributed by atoms with E-state index in [1.165, 1.54) is 0 Å². The molecule has 2 rings (SSSR count). The monoisotopic (exact) mass is 220 g/mol. The number of phenols is 1. The molecule has 1 saturated carbocycles. The molecule has 1 atom stereocenters. The van der Waals surface area contributed by atoms with Crippen LogP contribution >= 0.6 is 0 Å². The summed E-state index contributed by atoms with van der Waals surface area (Å²) < 4.78 is 0. The van der Waals surface area contributed by atoms with Gasteiger partial charge in [-0.1, -0.05) is 31.0 Å². The Hall–Kier alpha value is -1.51. The summed E-state index contributed by atoms with van der Waals surface area (Å²) in [5, 5.41) is 19.0. The van der Waals surface area contributed by atoms with Crippen molar-refractivity contribution >= 4 is 5.97 Å². The Kier molecular flexibility index (Phi) is 3.13. The zero-order valence-electron chi connectivity index (χ0n) is 9.10. The topological polar surface area (TPSA) is 57.5 Å². The molecule has 1 aromatic rings. The first-order valence-corrected chi connectivity index (χ1v) is 5.71. The predicted octanol–water partition coefficient (Wildman–Crippen LogP) is 2.75. The van der Waals surface area contributed by atoms with Crippen LogP contribution in [-0.4, -0.2) is 16.2 Å². The van der Waals surface area contributed by atoms with Crippen molar-refractivity contribution in [1.82, 2.24) is 0 Å². The third kappa shape index (κ3) is 2.03. The van der Waals surface area contributed by atoms with Crippen LogP contribution in [0.15, 0.2) is 24.3 Å². The van der Waals surface area contributed by atoms with Gasteiger partial charge >= 0.3 is 5.97 Å². The Bertz CT molecular complexity index is 381. The number of hydrogen-bond donors (Lipinski definition) is 2. The number of carbonyl (C=O) groups is 1. The summed E-state index contributed by atoms with van der Waals surface area (Å²) in [6, 6.07) is 6.76. The van der Waals surface area contributed by atoms with Crippen molar-refractivity contribution < 1.29 is 15.0 Å². The second-order valence-electron chi connectivity index (χ2n) is 4.42. The van der Waals surface area contributed by atoms with Crippen molar-refractivity contribution in [2.24, 2.45) is 5.92 Å². The molecule has 0 spiro atoms. The highest BCUT2D eigenvalue weighted by molar-refractivity contribution is 5.77. The van der Waals surface area contributed by atoms with Crippen LogP contribution in [0.3, 0.4) is 0 Å². The molecule has 0 radical (unpaired) electrons. The van der Waals surface area contributed by atoms with E-state index in [1.54, 1.807) is 24.3 Å². The minimum Gasteiger partial charge on any atom is -0.508 e. The minimum atomic E-state index is -0.826. The van der Waals surface area contributed by atoms with Crippen molar-refractivity contribution in [2.75, 3.05) is 0 Å². The summed E-state index contributed by atoms with van der Waals surface area (Å²) in [7, 11) is 0. The van der Waals surface area contributed by atoms with Gasteiger partial charge in [-0.3, -0.25) is 4.79 Å². The molecular formula is C13H16O3. The molecule has 3 nitrogen and oxygen atoms in total. The molecule has 1 aliphatic carbocycles. The first-order chi connectivity index (χ1) is 7.70. The van der Waals surface area contributed by atoms with Gasteiger partial charge in [-0.25, -0.2) is 0 Å². The van der Waals surface area contributed by atoms with Crippen LogP contribution in [0.25, 0.3) is 0 Å². The standard InChI is InChI=1S/C13H16O3/c14-11-8-4-3-7-10(11)12(13(15)16)9-5-1-2-6-9/h3-4,7-9,12,14H,1-2,5-6H2,(H,15,16)/t12-/m1/s1. The Morgan fingerprint density at radius 3 is 2.44 bits per heavy atom. The van der Waals surface area contributed by atoms with Crippen LogP contribution in [0.1, 0.15) is 37.2 Å². The summed E-state index contributed by atoms with van der Waals surface area (Å²) in [4.78, 5) is 11.3. The molecule has 0 bridgehead atoms. The molecule has 0 heterocycles. The van der Waals surface area contributed by atoms with Crippen LogP contribution in [0.4, 0.5) is 0 Å². The zero-order chi connectivity index (χ0) is 11.5. The first kappa shape index (κ1) is 11.0. The quantitative estimate of drug-likeness (QED) is 0.823. The molecule has 0 aliphatic heterocycles. The molecule has 86 valence electrons. The number of para-hydroxylation sites is 1. The van der Waals surface area contributed by atoms with Gasteiger partial charge in [-0.2, -0.15) is 0 Å². The van der Waals surface area contributed by atoms with Crippen molar-refractivity contribution in [2.45, 2.75) is 31.6 Å². The van der Waals surface area contributed by atoms with E-state index < -0.39 is 11.9 Å². The number of carboxylic acids is 1. The van der Waals surface area contributed by atoms with E-state index in [0.717, 1.165) is 25.7 Å². The Morgan fingerprint density at radius 2 is 1.88 bits per heavy atom. The number of rotatable bonds is 3. The molecule has 16 heavy (non-hydrogen) atoms. The second-order valence-corrected chi connectivity index (χ2v) is 4.42. The average molecular weight is 220 g/mol. The van der Waals surface area contributed by atoms with Crippen molar-refractivity contribution in [3.8, 4) is 5.75 Å². The fourth-order valence-electron chi connectivity index (χ4n) is 2.63. The maximum Gasteiger partial charge on any atom is 0.311 e. The van der Waals surface area contributed by atoms with E-state index in [1.807, 2.05) is 0 Å². The SMILES string of the molecule is O=C(O)[C@@H](c1ccccc1O)C1CCCC1. The summed E-state index contributed by atoms with van der Waals surface area (Å²) in [6.07, 6.45) is 4.10. The number of hydrogen-bond acceptors (Lipinski definition) is 2. The van der Waals surface area contributed by atoms with Crippen LogP contribution < -0.4 is 0 Å². The van der Waals surface area contributed by atoms with Crippen molar-refractivity contribution in [3.63, 3.8) is 0 Å². The molecule has 1 aromatic carbocycles. The molecule has 2 N–H and O–H groups in total. The summed E-state index contributed by atoms with van der Waals surface area (Å²) in [5.74, 6) is -1.11. The normalized spacial score (nSPS) is 18.5. The van der Waals surface area contributed by atoms with Crippen LogP contribution in [0, 0.1) is 5.92 Å². The third-order valence-electron chi connectivity index (χ3n) is 3.41. The highest BCUT2D eigenvalue weighted by Gasteiger charge is 2.33. The Labute approximate surface area is 94.7 Å². The Balaban J connectivity index is 2.32. The lowest BCUT2D eigenvalue weighted by Gasteiger charge is -2.20. The molecule has 1 aliphatic rings. The summed E-state index contributed by atoms with van der Waals surface area (Å²) in [6.45, 7) is 0. The first-order valence-electron chi connectivity index (χ1n) is 5.71. The summed E-state index contributed by atoms with van der Waals surface area (Å²) in [5.41, 5.74) is 0.557. The smallest absolute Gasteiger partial charge is 0.311 e. The molecule has 1 fully saturated rings. The van der Waals surface area contributed by atoms with Crippen LogP contribution in [-0.2, 0) is 4.79 Å². The number of aromatic hydroxyl groups is 1. The molecule has 3 heteroatoms. The van der Waals surface area contributed by atoms with Gasteiger partial charge in [0.05, 0.1) is 5.92 Å². The van der Waals surface area contributed by atoms with E-state index >= 15 is 0 Å².